The van der Waals surface area contributed by atoms with Gasteiger partial charge in [0.15, 0.2) is 0 Å². The second-order valence-corrected chi connectivity index (χ2v) is 5.47. The Kier molecular flexibility index (Phi) is 3.84. The molecule has 0 bridgehead atoms. The monoisotopic (exact) mass is 249 g/mol. The Morgan fingerprint density at radius 3 is 2.83 bits per heavy atom. The van der Waals surface area contributed by atoms with Crippen LogP contribution in [0.15, 0.2) is 12.4 Å². The zero-order valence-corrected chi connectivity index (χ0v) is 11.0. The van der Waals surface area contributed by atoms with E-state index >= 15 is 0 Å². The summed E-state index contributed by atoms with van der Waals surface area (Å²) in [6.07, 6.45) is 13.4. The maximum absolute atomic E-state index is 5.74. The minimum absolute atomic E-state index is 0.368. The SMILES string of the molecule is c1cn(C2CCCC2)c(NCC2CCCCO2)n1. The number of nitrogens with zero attached hydrogens (tertiary/aromatic N) is 2. The van der Waals surface area contributed by atoms with Crippen molar-refractivity contribution in [2.24, 2.45) is 0 Å². The van der Waals surface area contributed by atoms with E-state index in [4.69, 9.17) is 4.74 Å². The van der Waals surface area contributed by atoms with Gasteiger partial charge in [0.2, 0.25) is 5.95 Å². The molecule has 18 heavy (non-hydrogen) atoms. The van der Waals surface area contributed by atoms with Crippen LogP contribution in [0.1, 0.15) is 51.0 Å². The van der Waals surface area contributed by atoms with Crippen molar-refractivity contribution >= 4 is 5.95 Å². The van der Waals surface area contributed by atoms with Gasteiger partial charge < -0.3 is 14.6 Å². The molecule has 3 rings (SSSR count). The lowest BCUT2D eigenvalue weighted by molar-refractivity contribution is 0.0246. The lowest BCUT2D eigenvalue weighted by atomic mass is 10.1. The Morgan fingerprint density at radius 2 is 2.06 bits per heavy atom. The Bertz CT molecular complexity index is 365. The maximum atomic E-state index is 5.74. The number of ether oxygens (including phenoxy) is 1. The third kappa shape index (κ3) is 2.69. The highest BCUT2D eigenvalue weighted by Crippen LogP contribution is 2.31. The molecule has 4 nitrogen and oxygen atoms in total. The van der Waals surface area contributed by atoms with E-state index in [2.05, 4.69) is 21.1 Å². The van der Waals surface area contributed by atoms with E-state index in [1.165, 1.54) is 44.9 Å². The van der Waals surface area contributed by atoms with Crippen molar-refractivity contribution in [3.05, 3.63) is 12.4 Å². The molecule has 0 aromatic carbocycles. The molecule has 2 fully saturated rings. The van der Waals surface area contributed by atoms with E-state index in [1.54, 1.807) is 0 Å². The highest BCUT2D eigenvalue weighted by atomic mass is 16.5. The lowest BCUT2D eigenvalue weighted by Crippen LogP contribution is -2.28. The van der Waals surface area contributed by atoms with Gasteiger partial charge >= 0.3 is 0 Å². The Labute approximate surface area is 109 Å². The number of hydrogen-bond acceptors (Lipinski definition) is 3. The van der Waals surface area contributed by atoms with Gasteiger partial charge in [-0.05, 0) is 32.1 Å². The fourth-order valence-electron chi connectivity index (χ4n) is 3.10. The molecule has 100 valence electrons. The van der Waals surface area contributed by atoms with Crippen LogP contribution in [0, 0.1) is 0 Å². The lowest BCUT2D eigenvalue weighted by Gasteiger charge is -2.23. The molecule has 1 aliphatic heterocycles. The van der Waals surface area contributed by atoms with Gasteiger partial charge in [-0.1, -0.05) is 12.8 Å². The smallest absolute Gasteiger partial charge is 0.203 e. The van der Waals surface area contributed by atoms with Crippen molar-refractivity contribution in [3.63, 3.8) is 0 Å². The molecule has 1 saturated carbocycles. The maximum Gasteiger partial charge on any atom is 0.203 e. The van der Waals surface area contributed by atoms with E-state index in [0.717, 1.165) is 19.1 Å². The number of nitrogens with one attached hydrogen (secondary N) is 1. The number of hydrogen-bond donors (Lipinski definition) is 1. The third-order valence-electron chi connectivity index (χ3n) is 4.15. The second-order valence-electron chi connectivity index (χ2n) is 5.47. The largest absolute Gasteiger partial charge is 0.376 e. The molecule has 1 aromatic rings. The van der Waals surface area contributed by atoms with Crippen LogP contribution in [0.2, 0.25) is 0 Å². The van der Waals surface area contributed by atoms with Crippen molar-refractivity contribution in [1.82, 2.24) is 9.55 Å². The van der Waals surface area contributed by atoms with E-state index in [9.17, 15) is 0 Å². The first-order chi connectivity index (χ1) is 8.93. The predicted molar refractivity (Wildman–Crippen MR) is 71.8 cm³/mol. The highest BCUT2D eigenvalue weighted by Gasteiger charge is 2.20. The number of anilines is 1. The highest BCUT2D eigenvalue weighted by molar-refractivity contribution is 5.27. The molecule has 4 heteroatoms. The zero-order valence-electron chi connectivity index (χ0n) is 11.0. The van der Waals surface area contributed by atoms with Gasteiger partial charge in [-0.3, -0.25) is 0 Å². The minimum Gasteiger partial charge on any atom is -0.376 e. The summed E-state index contributed by atoms with van der Waals surface area (Å²) in [5.41, 5.74) is 0. The molecule has 1 saturated heterocycles. The fraction of sp³-hybridized carbons (Fsp3) is 0.786. The summed E-state index contributed by atoms with van der Waals surface area (Å²) < 4.78 is 8.06. The van der Waals surface area contributed by atoms with E-state index in [-0.39, 0.29) is 0 Å². The molecule has 1 aliphatic carbocycles. The van der Waals surface area contributed by atoms with Crippen LogP contribution < -0.4 is 5.32 Å². The van der Waals surface area contributed by atoms with Gasteiger partial charge in [-0.25, -0.2) is 4.98 Å². The Morgan fingerprint density at radius 1 is 1.22 bits per heavy atom. The minimum atomic E-state index is 0.368. The van der Waals surface area contributed by atoms with Crippen LogP contribution in [0.5, 0.6) is 0 Å². The van der Waals surface area contributed by atoms with Gasteiger partial charge in [0, 0.05) is 31.6 Å². The molecule has 0 radical (unpaired) electrons. The molecule has 1 aromatic heterocycles. The summed E-state index contributed by atoms with van der Waals surface area (Å²) in [5, 5.41) is 3.47. The van der Waals surface area contributed by atoms with Gasteiger partial charge in [0.05, 0.1) is 6.10 Å². The summed E-state index contributed by atoms with van der Waals surface area (Å²) in [6, 6.07) is 0.655. The third-order valence-corrected chi connectivity index (χ3v) is 4.15. The van der Waals surface area contributed by atoms with E-state index in [1.807, 2.05) is 6.20 Å². The summed E-state index contributed by atoms with van der Waals surface area (Å²) in [4.78, 5) is 4.44. The Balaban J connectivity index is 1.56. The van der Waals surface area contributed by atoms with Crippen LogP contribution >= 0.6 is 0 Å². The molecule has 0 spiro atoms. The average Bonchev–Trinajstić information content (AvgIpc) is 3.08. The first kappa shape index (κ1) is 12.0. The molecule has 1 N–H and O–H groups in total. The van der Waals surface area contributed by atoms with Gasteiger partial charge in [-0.2, -0.15) is 0 Å². The van der Waals surface area contributed by atoms with Crippen molar-refractivity contribution in [2.75, 3.05) is 18.5 Å². The van der Waals surface area contributed by atoms with Crippen LogP contribution in [0.3, 0.4) is 0 Å². The zero-order chi connectivity index (χ0) is 12.2. The van der Waals surface area contributed by atoms with Crippen molar-refractivity contribution in [1.29, 1.82) is 0 Å². The average molecular weight is 249 g/mol. The van der Waals surface area contributed by atoms with Crippen LogP contribution in [0.25, 0.3) is 0 Å². The second kappa shape index (κ2) is 5.74. The first-order valence-electron chi connectivity index (χ1n) is 7.32. The van der Waals surface area contributed by atoms with Crippen molar-refractivity contribution < 1.29 is 4.74 Å². The molecule has 2 aliphatic rings. The molecule has 0 amide bonds. The van der Waals surface area contributed by atoms with E-state index in [0.29, 0.717) is 12.1 Å². The normalized spacial score (nSPS) is 25.4. The van der Waals surface area contributed by atoms with Crippen LogP contribution in [-0.2, 0) is 4.74 Å². The van der Waals surface area contributed by atoms with Crippen molar-refractivity contribution in [3.8, 4) is 0 Å². The first-order valence-corrected chi connectivity index (χ1v) is 7.32. The molecule has 1 unspecified atom stereocenters. The predicted octanol–water partition coefficient (Wildman–Crippen LogP) is 2.98. The summed E-state index contributed by atoms with van der Waals surface area (Å²) in [6.45, 7) is 1.81. The number of imidazole rings is 1. The van der Waals surface area contributed by atoms with Crippen LogP contribution in [-0.4, -0.2) is 28.8 Å². The van der Waals surface area contributed by atoms with Crippen molar-refractivity contribution in [2.45, 2.75) is 57.1 Å². The standard InChI is InChI=1S/C14H23N3O/c1-2-6-12(5-1)17-9-8-15-14(17)16-11-13-7-3-4-10-18-13/h8-9,12-13H,1-7,10-11H2,(H,15,16). The van der Waals surface area contributed by atoms with Gasteiger partial charge in [-0.15, -0.1) is 0 Å². The molecular formula is C14H23N3O. The van der Waals surface area contributed by atoms with Gasteiger partial charge in [0.25, 0.3) is 0 Å². The number of aromatic nitrogens is 2. The molecular weight excluding hydrogens is 226 g/mol. The quantitative estimate of drug-likeness (QED) is 0.891. The van der Waals surface area contributed by atoms with Gasteiger partial charge in [0.1, 0.15) is 0 Å². The number of rotatable bonds is 4. The summed E-state index contributed by atoms with van der Waals surface area (Å²) >= 11 is 0. The molecule has 1 atom stereocenters. The summed E-state index contributed by atoms with van der Waals surface area (Å²) in [5.74, 6) is 1.02. The summed E-state index contributed by atoms with van der Waals surface area (Å²) in [7, 11) is 0. The molecule has 2 heterocycles. The topological polar surface area (TPSA) is 39.1 Å². The van der Waals surface area contributed by atoms with E-state index < -0.39 is 0 Å². The fourth-order valence-corrected chi connectivity index (χ4v) is 3.10. The van der Waals surface area contributed by atoms with Crippen LogP contribution in [0.4, 0.5) is 5.95 Å². The Hall–Kier alpha value is -1.03.